The molecule has 0 bridgehead atoms. The van der Waals surface area contributed by atoms with Gasteiger partial charge >= 0.3 is 5.97 Å². The molecule has 4 N–H and O–H groups in total. The molecule has 0 saturated heterocycles. The first kappa shape index (κ1) is 14.6. The van der Waals surface area contributed by atoms with E-state index in [0.29, 0.717) is 18.5 Å². The van der Waals surface area contributed by atoms with Crippen LogP contribution in [0.5, 0.6) is 0 Å². The molecule has 0 aliphatic heterocycles. The Morgan fingerprint density at radius 3 is 2.78 bits per heavy atom. The van der Waals surface area contributed by atoms with Crippen LogP contribution in [0, 0.1) is 0 Å². The lowest BCUT2D eigenvalue weighted by atomic mass is 9.99. The second kappa shape index (κ2) is 7.10. The summed E-state index contributed by atoms with van der Waals surface area (Å²) in [5.74, 6) is -0.556. The third-order valence-corrected chi connectivity index (χ3v) is 2.69. The molecular weight excluding hydrogens is 234 g/mol. The van der Waals surface area contributed by atoms with Gasteiger partial charge in [0.05, 0.1) is 19.6 Å². The summed E-state index contributed by atoms with van der Waals surface area (Å²) in [6.07, 6.45) is -1.82. The monoisotopic (exact) mass is 253 g/mol. The van der Waals surface area contributed by atoms with Crippen LogP contribution in [0.4, 0.5) is 0 Å². The molecule has 0 fully saturated rings. The van der Waals surface area contributed by atoms with E-state index in [1.165, 1.54) is 7.11 Å². The summed E-state index contributed by atoms with van der Waals surface area (Å²) >= 11 is 0. The van der Waals surface area contributed by atoms with Gasteiger partial charge in [-0.2, -0.15) is 0 Å². The predicted octanol–water partition coefficient (Wildman–Crippen LogP) is 0.145. The quantitative estimate of drug-likeness (QED) is 0.627. The van der Waals surface area contributed by atoms with Crippen molar-refractivity contribution in [2.45, 2.75) is 25.0 Å². The SMILES string of the molecule is COC(=O)CC(O)C(O)c1cccc(CCN)c1. The first-order chi connectivity index (χ1) is 8.58. The lowest BCUT2D eigenvalue weighted by Crippen LogP contribution is -2.22. The minimum Gasteiger partial charge on any atom is -0.469 e. The molecule has 18 heavy (non-hydrogen) atoms. The van der Waals surface area contributed by atoms with Gasteiger partial charge in [-0.25, -0.2) is 0 Å². The minimum absolute atomic E-state index is 0.237. The van der Waals surface area contributed by atoms with Crippen molar-refractivity contribution in [2.24, 2.45) is 5.73 Å². The van der Waals surface area contributed by atoms with Gasteiger partial charge < -0.3 is 20.7 Å². The number of ether oxygens (including phenoxy) is 1. The summed E-state index contributed by atoms with van der Waals surface area (Å²) in [5, 5.41) is 19.7. The van der Waals surface area contributed by atoms with Crippen molar-refractivity contribution in [1.29, 1.82) is 0 Å². The third-order valence-electron chi connectivity index (χ3n) is 2.69. The molecule has 5 heteroatoms. The molecule has 0 aliphatic rings. The number of esters is 1. The molecule has 5 nitrogen and oxygen atoms in total. The highest BCUT2D eigenvalue weighted by molar-refractivity contribution is 5.69. The maximum atomic E-state index is 11.0. The average Bonchev–Trinajstić information content (AvgIpc) is 2.38. The molecular formula is C13H19NO4. The number of hydrogen-bond acceptors (Lipinski definition) is 5. The smallest absolute Gasteiger partial charge is 0.308 e. The molecule has 0 saturated carbocycles. The fourth-order valence-electron chi connectivity index (χ4n) is 1.69. The number of carbonyl (C=O) groups is 1. The normalized spacial score (nSPS) is 14.0. The molecule has 2 atom stereocenters. The number of benzene rings is 1. The van der Waals surface area contributed by atoms with Gasteiger partial charge in [0.2, 0.25) is 0 Å². The van der Waals surface area contributed by atoms with Gasteiger partial charge in [0.1, 0.15) is 6.10 Å². The number of hydrogen-bond donors (Lipinski definition) is 3. The Balaban J connectivity index is 2.73. The molecule has 100 valence electrons. The maximum Gasteiger partial charge on any atom is 0.308 e. The molecule has 1 aromatic rings. The second-order valence-corrected chi connectivity index (χ2v) is 4.08. The number of methoxy groups -OCH3 is 1. The zero-order valence-electron chi connectivity index (χ0n) is 10.4. The number of aliphatic hydroxyl groups excluding tert-OH is 2. The van der Waals surface area contributed by atoms with E-state index in [1.54, 1.807) is 18.2 Å². The zero-order chi connectivity index (χ0) is 13.5. The van der Waals surface area contributed by atoms with Gasteiger partial charge in [0.25, 0.3) is 0 Å². The van der Waals surface area contributed by atoms with E-state index < -0.39 is 18.2 Å². The van der Waals surface area contributed by atoms with Gasteiger partial charge in [-0.3, -0.25) is 4.79 Å². The number of nitrogens with two attached hydrogens (primary N) is 1. The highest BCUT2D eigenvalue weighted by Gasteiger charge is 2.21. The fourth-order valence-corrected chi connectivity index (χ4v) is 1.69. The van der Waals surface area contributed by atoms with E-state index in [9.17, 15) is 15.0 Å². The van der Waals surface area contributed by atoms with E-state index >= 15 is 0 Å². The number of aliphatic hydroxyl groups is 2. The van der Waals surface area contributed by atoms with E-state index in [1.807, 2.05) is 6.07 Å². The largest absolute Gasteiger partial charge is 0.469 e. The van der Waals surface area contributed by atoms with Gasteiger partial charge in [-0.05, 0) is 24.1 Å². The molecule has 1 rings (SSSR count). The fraction of sp³-hybridized carbons (Fsp3) is 0.462. The van der Waals surface area contributed by atoms with Gasteiger partial charge in [0.15, 0.2) is 0 Å². The molecule has 0 heterocycles. The first-order valence-corrected chi connectivity index (χ1v) is 5.80. The van der Waals surface area contributed by atoms with Crippen molar-refractivity contribution < 1.29 is 19.7 Å². The van der Waals surface area contributed by atoms with Crippen molar-refractivity contribution in [3.05, 3.63) is 35.4 Å². The highest BCUT2D eigenvalue weighted by Crippen LogP contribution is 2.20. The van der Waals surface area contributed by atoms with Crippen LogP contribution < -0.4 is 5.73 Å². The molecule has 0 amide bonds. The molecule has 0 aliphatic carbocycles. The molecule has 1 aromatic carbocycles. The van der Waals surface area contributed by atoms with Crippen LogP contribution in [0.2, 0.25) is 0 Å². The van der Waals surface area contributed by atoms with Crippen LogP contribution in [0.25, 0.3) is 0 Å². The zero-order valence-corrected chi connectivity index (χ0v) is 10.4. The van der Waals surface area contributed by atoms with Crippen LogP contribution in [-0.4, -0.2) is 35.9 Å². The Hall–Kier alpha value is -1.43. The highest BCUT2D eigenvalue weighted by atomic mass is 16.5. The van der Waals surface area contributed by atoms with Crippen LogP contribution in [0.15, 0.2) is 24.3 Å². The average molecular weight is 253 g/mol. The molecule has 0 radical (unpaired) electrons. The van der Waals surface area contributed by atoms with Crippen LogP contribution in [-0.2, 0) is 16.0 Å². The van der Waals surface area contributed by atoms with E-state index in [0.717, 1.165) is 5.56 Å². The summed E-state index contributed by atoms with van der Waals surface area (Å²) in [5.41, 5.74) is 7.01. The van der Waals surface area contributed by atoms with Gasteiger partial charge in [0, 0.05) is 0 Å². The molecule has 0 aromatic heterocycles. The summed E-state index contributed by atoms with van der Waals surface area (Å²) in [7, 11) is 1.24. The van der Waals surface area contributed by atoms with Crippen LogP contribution in [0.3, 0.4) is 0 Å². The Morgan fingerprint density at radius 2 is 2.17 bits per heavy atom. The van der Waals surface area contributed by atoms with Crippen molar-refractivity contribution in [3.8, 4) is 0 Å². The second-order valence-electron chi connectivity index (χ2n) is 4.08. The van der Waals surface area contributed by atoms with Crippen molar-refractivity contribution in [2.75, 3.05) is 13.7 Å². The summed E-state index contributed by atoms with van der Waals surface area (Å²) < 4.78 is 4.44. The lowest BCUT2D eigenvalue weighted by molar-refractivity contribution is -0.144. The van der Waals surface area contributed by atoms with E-state index in [4.69, 9.17) is 5.73 Å². The van der Waals surface area contributed by atoms with Crippen molar-refractivity contribution >= 4 is 5.97 Å². The summed E-state index contributed by atoms with van der Waals surface area (Å²) in [6, 6.07) is 7.16. The van der Waals surface area contributed by atoms with Crippen molar-refractivity contribution in [3.63, 3.8) is 0 Å². The number of rotatable bonds is 6. The topological polar surface area (TPSA) is 92.8 Å². The Morgan fingerprint density at radius 1 is 1.44 bits per heavy atom. The number of carbonyl (C=O) groups excluding carboxylic acids is 1. The van der Waals surface area contributed by atoms with Crippen LogP contribution >= 0.6 is 0 Å². The maximum absolute atomic E-state index is 11.0. The standard InChI is InChI=1S/C13H19NO4/c1-18-12(16)8-11(15)13(17)10-4-2-3-9(7-10)5-6-14/h2-4,7,11,13,15,17H,5-6,8,14H2,1H3. The van der Waals surface area contributed by atoms with Gasteiger partial charge in [-0.1, -0.05) is 24.3 Å². The first-order valence-electron chi connectivity index (χ1n) is 5.80. The minimum atomic E-state index is -1.18. The molecule has 2 unspecified atom stereocenters. The van der Waals surface area contributed by atoms with E-state index in [2.05, 4.69) is 4.74 Å². The molecule has 0 spiro atoms. The van der Waals surface area contributed by atoms with Gasteiger partial charge in [-0.15, -0.1) is 0 Å². The Labute approximate surface area is 106 Å². The lowest BCUT2D eigenvalue weighted by Gasteiger charge is -2.17. The van der Waals surface area contributed by atoms with Crippen molar-refractivity contribution in [1.82, 2.24) is 0 Å². The van der Waals surface area contributed by atoms with Crippen LogP contribution in [0.1, 0.15) is 23.7 Å². The Bertz CT molecular complexity index is 394. The third kappa shape index (κ3) is 4.10. The Kier molecular flexibility index (Phi) is 5.77. The summed E-state index contributed by atoms with van der Waals surface area (Å²) in [4.78, 5) is 11.0. The predicted molar refractivity (Wildman–Crippen MR) is 66.8 cm³/mol. The summed E-state index contributed by atoms with van der Waals surface area (Å²) in [6.45, 7) is 0.518. The van der Waals surface area contributed by atoms with E-state index in [-0.39, 0.29) is 6.42 Å².